The van der Waals surface area contributed by atoms with Crippen LogP contribution in [0.4, 0.5) is 5.69 Å². The van der Waals surface area contributed by atoms with Crippen LogP contribution in [0.25, 0.3) is 16.8 Å². The molecule has 2 aromatic heterocycles. The molecule has 0 bridgehead atoms. The number of nitrogens with zero attached hydrogens (tertiary/aromatic N) is 6. The first kappa shape index (κ1) is 22.6. The second-order valence-electron chi connectivity index (χ2n) is 8.51. The van der Waals surface area contributed by atoms with Crippen molar-refractivity contribution in [1.29, 1.82) is 0 Å². The Morgan fingerprint density at radius 1 is 0.886 bits per heavy atom. The Hall–Kier alpha value is -4.14. The second-order valence-corrected chi connectivity index (χ2v) is 8.51. The third-order valence-electron chi connectivity index (χ3n) is 6.50. The van der Waals surface area contributed by atoms with Crippen molar-refractivity contribution in [3.8, 4) is 22.6 Å². The van der Waals surface area contributed by atoms with E-state index in [9.17, 15) is 4.79 Å². The molecule has 3 heterocycles. The molecule has 0 atom stereocenters. The minimum absolute atomic E-state index is 0.120. The number of fused-ring (bicyclic) bond motifs is 1. The Kier molecular flexibility index (Phi) is 5.98. The van der Waals surface area contributed by atoms with E-state index in [1.807, 2.05) is 55.1 Å². The maximum Gasteiger partial charge on any atom is 0.276 e. The first-order valence-electron chi connectivity index (χ1n) is 11.6. The second kappa shape index (κ2) is 9.25. The fraction of sp³-hybridized carbons (Fsp3) is 0.308. The number of piperazine rings is 1. The SMILES string of the molecule is COc1ccc(-c2c(C)nn3c(C)c(C(=O)N4CCN(c5ccccc5)CC4)nnc23)cc1OC. The lowest BCUT2D eigenvalue weighted by atomic mass is 10.1. The highest BCUT2D eigenvalue weighted by Crippen LogP contribution is 2.35. The average molecular weight is 473 g/mol. The number of ether oxygens (including phenoxy) is 2. The van der Waals surface area contributed by atoms with Crippen molar-refractivity contribution in [3.05, 3.63) is 65.6 Å². The van der Waals surface area contributed by atoms with Crippen LogP contribution in [0, 0.1) is 13.8 Å². The largest absolute Gasteiger partial charge is 0.493 e. The third kappa shape index (κ3) is 4.03. The van der Waals surface area contributed by atoms with Crippen LogP contribution in [-0.4, -0.2) is 71.0 Å². The monoisotopic (exact) mass is 472 g/mol. The fourth-order valence-electron chi connectivity index (χ4n) is 4.59. The molecule has 0 aliphatic carbocycles. The van der Waals surface area contributed by atoms with Gasteiger partial charge in [-0.3, -0.25) is 4.79 Å². The zero-order valence-corrected chi connectivity index (χ0v) is 20.4. The molecule has 1 aliphatic rings. The van der Waals surface area contributed by atoms with Crippen LogP contribution >= 0.6 is 0 Å². The number of anilines is 1. The van der Waals surface area contributed by atoms with E-state index in [0.717, 1.165) is 29.9 Å². The van der Waals surface area contributed by atoms with Gasteiger partial charge in [-0.25, -0.2) is 4.52 Å². The first-order chi connectivity index (χ1) is 17.0. The molecule has 0 spiro atoms. The van der Waals surface area contributed by atoms with Crippen molar-refractivity contribution in [2.24, 2.45) is 0 Å². The Bertz CT molecular complexity index is 1380. The molecule has 1 saturated heterocycles. The van der Waals surface area contributed by atoms with E-state index in [1.54, 1.807) is 18.7 Å². The Labute approximate surface area is 203 Å². The van der Waals surface area contributed by atoms with Gasteiger partial charge in [-0.05, 0) is 43.7 Å². The van der Waals surface area contributed by atoms with Gasteiger partial charge in [0.2, 0.25) is 0 Å². The van der Waals surface area contributed by atoms with Gasteiger partial charge in [0.25, 0.3) is 5.91 Å². The topological polar surface area (TPSA) is 85.1 Å². The van der Waals surface area contributed by atoms with Gasteiger partial charge in [-0.1, -0.05) is 24.3 Å². The van der Waals surface area contributed by atoms with Gasteiger partial charge < -0.3 is 19.3 Å². The molecule has 9 nitrogen and oxygen atoms in total. The summed E-state index contributed by atoms with van der Waals surface area (Å²) >= 11 is 0. The highest BCUT2D eigenvalue weighted by molar-refractivity contribution is 5.94. The molecule has 180 valence electrons. The molecule has 0 N–H and O–H groups in total. The normalized spacial score (nSPS) is 13.8. The zero-order chi connectivity index (χ0) is 24.5. The highest BCUT2D eigenvalue weighted by Gasteiger charge is 2.27. The molecule has 1 amide bonds. The standard InChI is InChI=1S/C26H28N6O3/c1-17-23(19-10-11-21(34-3)22(16-19)35-4)25-28-27-24(18(2)32(25)29-17)26(33)31-14-12-30(13-15-31)20-8-6-5-7-9-20/h5-11,16H,12-15H2,1-4H3. The van der Waals surface area contributed by atoms with Crippen LogP contribution < -0.4 is 14.4 Å². The maximum absolute atomic E-state index is 13.4. The van der Waals surface area contributed by atoms with E-state index in [4.69, 9.17) is 14.6 Å². The summed E-state index contributed by atoms with van der Waals surface area (Å²) in [5.41, 5.74) is 5.28. The fourth-order valence-corrected chi connectivity index (χ4v) is 4.59. The minimum atomic E-state index is -0.120. The van der Waals surface area contributed by atoms with E-state index < -0.39 is 0 Å². The Balaban J connectivity index is 1.42. The molecule has 4 aromatic rings. The number of amides is 1. The van der Waals surface area contributed by atoms with Crippen LogP contribution in [-0.2, 0) is 0 Å². The van der Waals surface area contributed by atoms with Crippen molar-refractivity contribution in [2.45, 2.75) is 13.8 Å². The Morgan fingerprint density at radius 3 is 2.29 bits per heavy atom. The van der Waals surface area contributed by atoms with E-state index in [2.05, 4.69) is 27.2 Å². The van der Waals surface area contributed by atoms with Crippen LogP contribution in [0.15, 0.2) is 48.5 Å². The lowest BCUT2D eigenvalue weighted by molar-refractivity contribution is 0.0738. The van der Waals surface area contributed by atoms with Crippen LogP contribution in [0.5, 0.6) is 11.5 Å². The number of aromatic nitrogens is 4. The van der Waals surface area contributed by atoms with Gasteiger partial charge in [0.1, 0.15) is 0 Å². The number of aryl methyl sites for hydroxylation is 2. The predicted octanol–water partition coefficient (Wildman–Crippen LogP) is 3.39. The number of methoxy groups -OCH3 is 2. The molecule has 35 heavy (non-hydrogen) atoms. The number of hydrogen-bond acceptors (Lipinski definition) is 7. The molecule has 0 unspecified atom stereocenters. The van der Waals surface area contributed by atoms with Crippen molar-refractivity contribution in [3.63, 3.8) is 0 Å². The maximum atomic E-state index is 13.4. The first-order valence-corrected chi connectivity index (χ1v) is 11.6. The molecular weight excluding hydrogens is 444 g/mol. The van der Waals surface area contributed by atoms with Gasteiger partial charge in [0.15, 0.2) is 22.8 Å². The van der Waals surface area contributed by atoms with Crippen LogP contribution in [0.2, 0.25) is 0 Å². The Morgan fingerprint density at radius 2 is 1.60 bits per heavy atom. The van der Waals surface area contributed by atoms with Gasteiger partial charge in [0.05, 0.1) is 31.2 Å². The molecule has 0 saturated carbocycles. The van der Waals surface area contributed by atoms with Gasteiger partial charge in [-0.2, -0.15) is 5.10 Å². The highest BCUT2D eigenvalue weighted by atomic mass is 16.5. The molecule has 1 aliphatic heterocycles. The quantitative estimate of drug-likeness (QED) is 0.440. The van der Waals surface area contributed by atoms with Crippen molar-refractivity contribution in [2.75, 3.05) is 45.3 Å². The minimum Gasteiger partial charge on any atom is -0.493 e. The lowest BCUT2D eigenvalue weighted by Gasteiger charge is -2.36. The number of benzene rings is 2. The summed E-state index contributed by atoms with van der Waals surface area (Å²) in [6.07, 6.45) is 0. The summed E-state index contributed by atoms with van der Waals surface area (Å²) in [6, 6.07) is 15.9. The van der Waals surface area contributed by atoms with E-state index in [-0.39, 0.29) is 5.91 Å². The average Bonchev–Trinajstić information content (AvgIpc) is 3.25. The third-order valence-corrected chi connectivity index (χ3v) is 6.50. The number of carbonyl (C=O) groups excluding carboxylic acids is 1. The summed E-state index contributed by atoms with van der Waals surface area (Å²) in [6.45, 7) is 6.58. The van der Waals surface area contributed by atoms with Crippen molar-refractivity contribution >= 4 is 17.2 Å². The van der Waals surface area contributed by atoms with Gasteiger partial charge in [-0.15, -0.1) is 10.2 Å². The van der Waals surface area contributed by atoms with E-state index in [1.165, 1.54) is 5.69 Å². The van der Waals surface area contributed by atoms with E-state index >= 15 is 0 Å². The number of hydrogen-bond donors (Lipinski definition) is 0. The zero-order valence-electron chi connectivity index (χ0n) is 20.4. The van der Waals surface area contributed by atoms with Gasteiger partial charge >= 0.3 is 0 Å². The van der Waals surface area contributed by atoms with E-state index in [0.29, 0.717) is 41.6 Å². The molecule has 0 radical (unpaired) electrons. The summed E-state index contributed by atoms with van der Waals surface area (Å²) in [4.78, 5) is 17.5. The molecule has 1 fully saturated rings. The smallest absolute Gasteiger partial charge is 0.276 e. The van der Waals surface area contributed by atoms with Crippen molar-refractivity contribution in [1.82, 2.24) is 24.7 Å². The predicted molar refractivity (Wildman–Crippen MR) is 133 cm³/mol. The number of para-hydroxylation sites is 1. The summed E-state index contributed by atoms with van der Waals surface area (Å²) in [5, 5.41) is 13.5. The molecule has 2 aromatic carbocycles. The lowest BCUT2D eigenvalue weighted by Crippen LogP contribution is -2.49. The molecule has 9 heteroatoms. The molecular formula is C26H28N6O3. The molecule has 5 rings (SSSR count). The van der Waals surface area contributed by atoms with Crippen LogP contribution in [0.3, 0.4) is 0 Å². The number of carbonyl (C=O) groups is 1. The summed E-state index contributed by atoms with van der Waals surface area (Å²) < 4.78 is 12.5. The summed E-state index contributed by atoms with van der Waals surface area (Å²) in [7, 11) is 3.21. The van der Waals surface area contributed by atoms with Crippen molar-refractivity contribution < 1.29 is 14.3 Å². The summed E-state index contributed by atoms with van der Waals surface area (Å²) in [5.74, 6) is 1.15. The van der Waals surface area contributed by atoms with Crippen LogP contribution in [0.1, 0.15) is 21.9 Å². The van der Waals surface area contributed by atoms with Gasteiger partial charge in [0, 0.05) is 31.9 Å². The number of rotatable bonds is 5.